The van der Waals surface area contributed by atoms with Crippen LogP contribution in [0.25, 0.3) is 0 Å². The molecule has 1 radical (unpaired) electrons. The van der Waals surface area contributed by atoms with E-state index in [1.54, 1.807) is 0 Å². The van der Waals surface area contributed by atoms with Gasteiger partial charge in [0.15, 0.2) is 0 Å². The average molecular weight is 310 g/mol. The third kappa shape index (κ3) is 7.57. The Morgan fingerprint density at radius 3 is 1.38 bits per heavy atom. The van der Waals surface area contributed by atoms with E-state index < -0.39 is 9.04 Å². The molecule has 0 heterocycles. The second kappa shape index (κ2) is 6.29. The average Bonchev–Trinajstić information content (AvgIpc) is 2.04. The number of rotatable bonds is 6. The minimum absolute atomic E-state index is 0.144. The van der Waals surface area contributed by atoms with Crippen molar-refractivity contribution >= 4 is 69.6 Å². The summed E-state index contributed by atoms with van der Waals surface area (Å²) in [5.41, 5.74) is 0. The zero-order valence-electron chi connectivity index (χ0n) is 6.08. The Labute approximate surface area is 106 Å². The smallest absolute Gasteiger partial charge is 0.233 e. The molecule has 13 heavy (non-hydrogen) atoms. The van der Waals surface area contributed by atoms with Gasteiger partial charge < -0.3 is 9.47 Å². The van der Waals surface area contributed by atoms with Crippen LogP contribution >= 0.6 is 69.6 Å². The lowest BCUT2D eigenvalue weighted by molar-refractivity contribution is -0.0199. The van der Waals surface area contributed by atoms with Gasteiger partial charge in [-0.15, -0.1) is 23.2 Å². The van der Waals surface area contributed by atoms with Crippen LogP contribution in [0.4, 0.5) is 0 Å². The van der Waals surface area contributed by atoms with Crippen LogP contribution in [-0.2, 0) is 9.47 Å². The van der Waals surface area contributed by atoms with Crippen molar-refractivity contribution in [3.05, 3.63) is 6.79 Å². The first-order valence-corrected chi connectivity index (χ1v) is 5.46. The van der Waals surface area contributed by atoms with E-state index >= 15 is 0 Å². The van der Waals surface area contributed by atoms with Gasteiger partial charge >= 0.3 is 0 Å². The van der Waals surface area contributed by atoms with Crippen LogP contribution in [0.15, 0.2) is 0 Å². The number of ether oxygens (including phenoxy) is 2. The van der Waals surface area contributed by atoms with Crippen LogP contribution < -0.4 is 0 Å². The predicted molar refractivity (Wildman–Crippen MR) is 56.8 cm³/mol. The molecule has 0 aromatic heterocycles. The maximum absolute atomic E-state index is 5.47. The van der Waals surface area contributed by atoms with Crippen molar-refractivity contribution in [1.29, 1.82) is 0 Å². The van der Waals surface area contributed by atoms with Crippen LogP contribution in [-0.4, -0.2) is 20.8 Å². The third-order valence-corrected chi connectivity index (χ3v) is 2.94. The fourth-order valence-electron chi connectivity index (χ4n) is 0.228. The number of hydrogen-bond acceptors (Lipinski definition) is 2. The summed E-state index contributed by atoms with van der Waals surface area (Å²) in [5.74, 6) is -0.289. The third-order valence-electron chi connectivity index (χ3n) is 0.752. The van der Waals surface area contributed by atoms with Crippen LogP contribution in [0.3, 0.4) is 0 Å². The molecule has 0 N–H and O–H groups in total. The van der Waals surface area contributed by atoms with Crippen molar-refractivity contribution in [2.45, 2.75) is 9.04 Å². The summed E-state index contributed by atoms with van der Waals surface area (Å²) in [6.45, 7) is 0.783. The normalized spacial score (nSPS) is 13.4. The first-order chi connectivity index (χ1) is 5.83. The second-order valence-electron chi connectivity index (χ2n) is 1.87. The predicted octanol–water partition coefficient (Wildman–Crippen LogP) is 3.88. The Balaban J connectivity index is 3.68. The maximum Gasteiger partial charge on any atom is 0.233 e. The van der Waals surface area contributed by atoms with E-state index in [-0.39, 0.29) is 11.8 Å². The van der Waals surface area contributed by atoms with Gasteiger partial charge in [-0.25, -0.2) is 0 Å². The summed E-state index contributed by atoms with van der Waals surface area (Å²) in [6, 6.07) is 0. The molecule has 0 rings (SSSR count). The van der Waals surface area contributed by atoms with Crippen molar-refractivity contribution in [2.75, 3.05) is 11.8 Å². The summed E-state index contributed by atoms with van der Waals surface area (Å²) in [6.07, 6.45) is 0. The molecule has 0 saturated carbocycles. The summed E-state index contributed by atoms with van der Waals surface area (Å²) in [4.78, 5) is 0. The first kappa shape index (κ1) is 14.7. The van der Waals surface area contributed by atoms with Gasteiger partial charge in [0.05, 0.1) is 11.8 Å². The van der Waals surface area contributed by atoms with Gasteiger partial charge in [0.25, 0.3) is 0 Å². The SMILES string of the molecule is ClCC(Cl)(Cl)O[CH]OC(Cl)(Cl)CCl. The quantitative estimate of drug-likeness (QED) is 0.693. The standard InChI is InChI=1S/C5H5Cl6O2/c6-1-4(8,9)12-3-13-5(10,11)2-7/h3H,1-2H2. The molecule has 0 aromatic rings. The van der Waals surface area contributed by atoms with Crippen molar-refractivity contribution in [3.8, 4) is 0 Å². The fourth-order valence-corrected chi connectivity index (χ4v) is 0.499. The van der Waals surface area contributed by atoms with Crippen LogP contribution in [0.5, 0.6) is 0 Å². The van der Waals surface area contributed by atoms with Gasteiger partial charge in [0.1, 0.15) is 0 Å². The maximum atomic E-state index is 5.47. The Hall–Kier alpha value is 1.66. The molecule has 0 bridgehead atoms. The molecule has 0 atom stereocenters. The van der Waals surface area contributed by atoms with Gasteiger partial charge in [-0.1, -0.05) is 46.4 Å². The fraction of sp³-hybridized carbons (Fsp3) is 0.800. The molecule has 0 spiro atoms. The molecular formula is C5H5Cl6O2. The first-order valence-electron chi connectivity index (χ1n) is 2.88. The lowest BCUT2D eigenvalue weighted by Gasteiger charge is -2.20. The molecule has 2 nitrogen and oxygen atoms in total. The molecule has 0 aliphatic rings. The minimum atomic E-state index is -1.57. The molecule has 79 valence electrons. The molecule has 0 saturated heterocycles. The molecule has 0 aromatic carbocycles. The number of halogens is 6. The number of hydrogen-bond donors (Lipinski definition) is 0. The Morgan fingerprint density at radius 2 is 1.15 bits per heavy atom. The highest BCUT2D eigenvalue weighted by Crippen LogP contribution is 2.29. The van der Waals surface area contributed by atoms with E-state index in [2.05, 4.69) is 9.47 Å². The van der Waals surface area contributed by atoms with E-state index in [9.17, 15) is 0 Å². The van der Waals surface area contributed by atoms with Crippen LogP contribution in [0.1, 0.15) is 0 Å². The van der Waals surface area contributed by atoms with Gasteiger partial charge in [-0.3, -0.25) is 0 Å². The van der Waals surface area contributed by atoms with Crippen molar-refractivity contribution < 1.29 is 9.47 Å². The van der Waals surface area contributed by atoms with Gasteiger partial charge in [-0.2, -0.15) is 0 Å². The van der Waals surface area contributed by atoms with Gasteiger partial charge in [-0.05, 0) is 0 Å². The minimum Gasteiger partial charge on any atom is -0.310 e. The van der Waals surface area contributed by atoms with Crippen LogP contribution in [0.2, 0.25) is 0 Å². The second-order valence-corrected chi connectivity index (χ2v) is 5.24. The number of alkyl halides is 6. The van der Waals surface area contributed by atoms with E-state index in [1.807, 2.05) is 0 Å². The van der Waals surface area contributed by atoms with Crippen LogP contribution in [0, 0.1) is 6.79 Å². The highest BCUT2D eigenvalue weighted by atomic mass is 35.5. The Bertz CT molecular complexity index is 134. The van der Waals surface area contributed by atoms with Gasteiger partial charge in [0.2, 0.25) is 15.8 Å². The van der Waals surface area contributed by atoms with E-state index in [0.29, 0.717) is 0 Å². The van der Waals surface area contributed by atoms with Gasteiger partial charge in [0, 0.05) is 0 Å². The van der Waals surface area contributed by atoms with E-state index in [1.165, 1.54) is 0 Å². The Kier molecular flexibility index (Phi) is 7.09. The molecule has 0 fully saturated rings. The molecule has 0 aliphatic heterocycles. The van der Waals surface area contributed by atoms with E-state index in [4.69, 9.17) is 69.6 Å². The zero-order chi connectivity index (χ0) is 10.5. The molecule has 0 aliphatic carbocycles. The molecule has 8 heteroatoms. The van der Waals surface area contributed by atoms with Crippen molar-refractivity contribution in [1.82, 2.24) is 0 Å². The monoisotopic (exact) mass is 307 g/mol. The lowest BCUT2D eigenvalue weighted by atomic mass is 10.8. The summed E-state index contributed by atoms with van der Waals surface area (Å²) < 4.78 is 6.14. The molecular weight excluding hydrogens is 305 g/mol. The topological polar surface area (TPSA) is 18.5 Å². The largest absolute Gasteiger partial charge is 0.310 e. The van der Waals surface area contributed by atoms with E-state index in [0.717, 1.165) is 6.79 Å². The van der Waals surface area contributed by atoms with Crippen molar-refractivity contribution in [2.24, 2.45) is 0 Å². The zero-order valence-corrected chi connectivity index (χ0v) is 10.6. The highest BCUT2D eigenvalue weighted by Gasteiger charge is 2.28. The van der Waals surface area contributed by atoms with Crippen molar-refractivity contribution in [3.63, 3.8) is 0 Å². The molecule has 0 unspecified atom stereocenters. The summed E-state index contributed by atoms with van der Waals surface area (Å²) >= 11 is 32.5. The Morgan fingerprint density at radius 1 is 0.846 bits per heavy atom. The summed E-state index contributed by atoms with van der Waals surface area (Å²) in [7, 11) is 0. The highest BCUT2D eigenvalue weighted by molar-refractivity contribution is 6.50. The lowest BCUT2D eigenvalue weighted by Crippen LogP contribution is -2.24. The summed E-state index contributed by atoms with van der Waals surface area (Å²) in [5, 5.41) is 0. The molecule has 0 amide bonds.